The van der Waals surface area contributed by atoms with Crippen LogP contribution in [0.1, 0.15) is 18.1 Å². The van der Waals surface area contributed by atoms with E-state index >= 15 is 0 Å². The first-order chi connectivity index (χ1) is 7.81. The molecule has 0 N–H and O–H groups in total. The maximum Gasteiger partial charge on any atom is 0.168 e. The molecule has 0 saturated heterocycles. The molecule has 0 spiro atoms. The van der Waals surface area contributed by atoms with Crippen molar-refractivity contribution in [2.45, 2.75) is 31.3 Å². The Morgan fingerprint density at radius 3 is 2.88 bits per heavy atom. The minimum atomic E-state index is 0.982. The molecule has 1 aromatic carbocycles. The van der Waals surface area contributed by atoms with Crippen LogP contribution in [-0.4, -0.2) is 9.55 Å². The van der Waals surface area contributed by atoms with Gasteiger partial charge in [-0.2, -0.15) is 0 Å². The number of hydrogen-bond donors (Lipinski definition) is 0. The van der Waals surface area contributed by atoms with Crippen molar-refractivity contribution in [1.29, 1.82) is 0 Å². The van der Waals surface area contributed by atoms with Crippen molar-refractivity contribution in [2.75, 3.05) is 0 Å². The average Bonchev–Trinajstić information content (AvgIpc) is 2.75. The van der Waals surface area contributed by atoms with Gasteiger partial charge in [0.2, 0.25) is 0 Å². The van der Waals surface area contributed by atoms with E-state index in [1.807, 2.05) is 12.4 Å². The zero-order valence-electron chi connectivity index (χ0n) is 9.68. The Balaban J connectivity index is 2.05. The Hall–Kier alpha value is -1.22. The zero-order chi connectivity index (χ0) is 11.4. The Labute approximate surface area is 101 Å². The van der Waals surface area contributed by atoms with Crippen molar-refractivity contribution >= 4 is 11.8 Å². The van der Waals surface area contributed by atoms with Crippen molar-refractivity contribution in [2.24, 2.45) is 0 Å². The SMILES string of the molecule is CCn1ccnc1SCc1ccccc1C. The number of rotatable bonds is 4. The maximum absolute atomic E-state index is 4.36. The molecule has 0 saturated carbocycles. The largest absolute Gasteiger partial charge is 0.326 e. The van der Waals surface area contributed by atoms with Crippen molar-refractivity contribution in [3.63, 3.8) is 0 Å². The summed E-state index contributed by atoms with van der Waals surface area (Å²) in [4.78, 5) is 4.36. The fourth-order valence-electron chi connectivity index (χ4n) is 1.59. The van der Waals surface area contributed by atoms with Crippen LogP contribution in [0.5, 0.6) is 0 Å². The Morgan fingerprint density at radius 1 is 1.31 bits per heavy atom. The molecule has 0 aliphatic rings. The molecule has 3 heteroatoms. The molecule has 16 heavy (non-hydrogen) atoms. The predicted molar refractivity (Wildman–Crippen MR) is 68.6 cm³/mol. The van der Waals surface area contributed by atoms with Gasteiger partial charge in [0.1, 0.15) is 0 Å². The smallest absolute Gasteiger partial charge is 0.168 e. The number of imidazole rings is 1. The van der Waals surface area contributed by atoms with E-state index in [9.17, 15) is 0 Å². The molecule has 2 aromatic rings. The number of aryl methyl sites for hydroxylation is 2. The highest BCUT2D eigenvalue weighted by atomic mass is 32.2. The fraction of sp³-hybridized carbons (Fsp3) is 0.308. The van der Waals surface area contributed by atoms with E-state index in [0.29, 0.717) is 0 Å². The monoisotopic (exact) mass is 232 g/mol. The first kappa shape index (κ1) is 11.3. The third-order valence-electron chi connectivity index (χ3n) is 2.64. The molecule has 2 rings (SSSR count). The summed E-state index contributed by atoms with van der Waals surface area (Å²) in [5.41, 5.74) is 2.74. The van der Waals surface area contributed by atoms with E-state index in [4.69, 9.17) is 0 Å². The summed E-state index contributed by atoms with van der Waals surface area (Å²) in [6.45, 7) is 5.28. The van der Waals surface area contributed by atoms with Gasteiger partial charge in [0, 0.05) is 24.7 Å². The maximum atomic E-state index is 4.36. The fourth-order valence-corrected chi connectivity index (χ4v) is 2.69. The number of thioether (sulfide) groups is 1. The third kappa shape index (κ3) is 2.47. The Bertz CT molecular complexity index is 462. The highest BCUT2D eigenvalue weighted by molar-refractivity contribution is 7.98. The first-order valence-corrected chi connectivity index (χ1v) is 6.48. The van der Waals surface area contributed by atoms with Crippen molar-refractivity contribution in [3.8, 4) is 0 Å². The van der Waals surface area contributed by atoms with E-state index < -0.39 is 0 Å². The predicted octanol–water partition coefficient (Wildman–Crippen LogP) is 3.50. The number of hydrogen-bond acceptors (Lipinski definition) is 2. The number of aromatic nitrogens is 2. The van der Waals surface area contributed by atoms with Crippen LogP contribution in [0.2, 0.25) is 0 Å². The lowest BCUT2D eigenvalue weighted by molar-refractivity contribution is 0.681. The van der Waals surface area contributed by atoms with Crippen LogP contribution in [0.3, 0.4) is 0 Å². The van der Waals surface area contributed by atoms with E-state index in [1.54, 1.807) is 11.8 Å². The van der Waals surface area contributed by atoms with Gasteiger partial charge in [0.25, 0.3) is 0 Å². The molecular weight excluding hydrogens is 216 g/mol. The minimum absolute atomic E-state index is 0.982. The van der Waals surface area contributed by atoms with Crippen molar-refractivity contribution in [3.05, 3.63) is 47.8 Å². The van der Waals surface area contributed by atoms with Crippen LogP contribution < -0.4 is 0 Å². The molecule has 2 nitrogen and oxygen atoms in total. The summed E-state index contributed by atoms with van der Waals surface area (Å²) >= 11 is 1.80. The van der Waals surface area contributed by atoms with Gasteiger partial charge >= 0.3 is 0 Å². The Morgan fingerprint density at radius 2 is 2.12 bits per heavy atom. The number of benzene rings is 1. The summed E-state index contributed by atoms with van der Waals surface area (Å²) < 4.78 is 2.17. The molecule has 1 aromatic heterocycles. The van der Waals surface area contributed by atoms with Gasteiger partial charge in [-0.15, -0.1) is 0 Å². The quantitative estimate of drug-likeness (QED) is 0.751. The highest BCUT2D eigenvalue weighted by Gasteiger charge is 2.03. The topological polar surface area (TPSA) is 17.8 Å². The lowest BCUT2D eigenvalue weighted by atomic mass is 10.1. The molecule has 0 bridgehead atoms. The zero-order valence-corrected chi connectivity index (χ0v) is 10.5. The van der Waals surface area contributed by atoms with E-state index in [1.165, 1.54) is 11.1 Å². The van der Waals surface area contributed by atoms with Crippen LogP contribution in [0, 0.1) is 6.92 Å². The normalized spacial score (nSPS) is 10.6. The van der Waals surface area contributed by atoms with Gasteiger partial charge in [-0.3, -0.25) is 0 Å². The van der Waals surface area contributed by atoms with Gasteiger partial charge in [0.05, 0.1) is 0 Å². The van der Waals surface area contributed by atoms with E-state index in [-0.39, 0.29) is 0 Å². The molecule has 0 radical (unpaired) electrons. The lowest BCUT2D eigenvalue weighted by Gasteiger charge is -2.06. The molecule has 0 unspecified atom stereocenters. The molecule has 0 fully saturated rings. The Kier molecular flexibility index (Phi) is 3.67. The first-order valence-electron chi connectivity index (χ1n) is 5.49. The second-order valence-electron chi connectivity index (χ2n) is 3.71. The molecular formula is C13H16N2S. The molecule has 0 aliphatic carbocycles. The molecule has 0 aliphatic heterocycles. The van der Waals surface area contributed by atoms with Crippen LogP contribution in [0.15, 0.2) is 41.8 Å². The molecule has 0 atom stereocenters. The molecule has 84 valence electrons. The van der Waals surface area contributed by atoms with Gasteiger partial charge in [-0.25, -0.2) is 4.98 Å². The van der Waals surface area contributed by atoms with Crippen LogP contribution in [0.4, 0.5) is 0 Å². The van der Waals surface area contributed by atoms with Gasteiger partial charge in [0.15, 0.2) is 5.16 Å². The summed E-state index contributed by atoms with van der Waals surface area (Å²) in [5, 5.41) is 1.10. The van der Waals surface area contributed by atoms with Gasteiger partial charge in [-0.1, -0.05) is 36.0 Å². The second-order valence-corrected chi connectivity index (χ2v) is 4.65. The van der Waals surface area contributed by atoms with Crippen LogP contribution >= 0.6 is 11.8 Å². The summed E-state index contributed by atoms with van der Waals surface area (Å²) in [5.74, 6) is 0.990. The van der Waals surface area contributed by atoms with Crippen molar-refractivity contribution in [1.82, 2.24) is 9.55 Å². The average molecular weight is 232 g/mol. The van der Waals surface area contributed by atoms with E-state index in [0.717, 1.165) is 17.5 Å². The summed E-state index contributed by atoms with van der Waals surface area (Å²) in [6, 6.07) is 8.51. The highest BCUT2D eigenvalue weighted by Crippen LogP contribution is 2.22. The lowest BCUT2D eigenvalue weighted by Crippen LogP contribution is -1.95. The number of nitrogens with zero attached hydrogens (tertiary/aromatic N) is 2. The van der Waals surface area contributed by atoms with E-state index in [2.05, 4.69) is 47.7 Å². The summed E-state index contributed by atoms with van der Waals surface area (Å²) in [7, 11) is 0. The molecule has 0 amide bonds. The standard InChI is InChI=1S/C13H16N2S/c1-3-15-9-8-14-13(15)16-10-12-7-5-4-6-11(12)2/h4-9H,3,10H2,1-2H3. The van der Waals surface area contributed by atoms with Crippen LogP contribution in [-0.2, 0) is 12.3 Å². The molecule has 1 heterocycles. The van der Waals surface area contributed by atoms with Crippen LogP contribution in [0.25, 0.3) is 0 Å². The summed E-state index contributed by atoms with van der Waals surface area (Å²) in [6.07, 6.45) is 3.89. The van der Waals surface area contributed by atoms with Crippen molar-refractivity contribution < 1.29 is 0 Å². The second kappa shape index (κ2) is 5.21. The third-order valence-corrected chi connectivity index (χ3v) is 3.69. The van der Waals surface area contributed by atoms with Gasteiger partial charge in [-0.05, 0) is 25.0 Å². The minimum Gasteiger partial charge on any atom is -0.326 e. The van der Waals surface area contributed by atoms with Gasteiger partial charge < -0.3 is 4.57 Å².